The highest BCUT2D eigenvalue weighted by Crippen LogP contribution is 2.28. The monoisotopic (exact) mass is 368 g/mol. The summed E-state index contributed by atoms with van der Waals surface area (Å²) in [6.07, 6.45) is 0.483. The maximum Gasteiger partial charge on any atom is 0.227 e. The molecular weight excluding hydrogens is 340 g/mol. The lowest BCUT2D eigenvalue weighted by atomic mass is 10.1. The molecule has 1 heterocycles. The molecule has 0 aliphatic carbocycles. The Morgan fingerprint density at radius 2 is 1.67 bits per heavy atom. The fourth-order valence-corrected chi connectivity index (χ4v) is 3.50. The van der Waals surface area contributed by atoms with Gasteiger partial charge in [-0.2, -0.15) is 0 Å². The van der Waals surface area contributed by atoms with E-state index in [9.17, 15) is 4.79 Å². The summed E-state index contributed by atoms with van der Waals surface area (Å²) in [5, 5.41) is 0. The van der Waals surface area contributed by atoms with Crippen molar-refractivity contribution in [1.82, 2.24) is 9.80 Å². The molecule has 0 spiro atoms. The first-order valence-electron chi connectivity index (χ1n) is 9.35. The number of benzene rings is 2. The maximum absolute atomic E-state index is 12.6. The zero-order valence-corrected chi connectivity index (χ0v) is 16.4. The highest BCUT2D eigenvalue weighted by molar-refractivity contribution is 5.79. The smallest absolute Gasteiger partial charge is 0.227 e. The molecule has 1 aliphatic rings. The van der Waals surface area contributed by atoms with Gasteiger partial charge in [0.2, 0.25) is 5.91 Å². The van der Waals surface area contributed by atoms with Crippen LogP contribution in [0.1, 0.15) is 16.7 Å². The van der Waals surface area contributed by atoms with Gasteiger partial charge in [-0.25, -0.2) is 0 Å². The number of methoxy groups -OCH3 is 2. The molecule has 5 nitrogen and oxygen atoms in total. The molecular formula is C22H28N2O3. The van der Waals surface area contributed by atoms with Crippen LogP contribution < -0.4 is 9.47 Å². The average molecular weight is 368 g/mol. The number of rotatable bonds is 6. The van der Waals surface area contributed by atoms with Gasteiger partial charge in [0.25, 0.3) is 0 Å². The van der Waals surface area contributed by atoms with E-state index in [1.807, 2.05) is 29.2 Å². The number of hydrogen-bond donors (Lipinski definition) is 0. The van der Waals surface area contributed by atoms with E-state index >= 15 is 0 Å². The number of nitrogens with zero attached hydrogens (tertiary/aromatic N) is 2. The van der Waals surface area contributed by atoms with Gasteiger partial charge in [-0.1, -0.05) is 35.9 Å². The molecule has 144 valence electrons. The predicted molar refractivity (Wildman–Crippen MR) is 106 cm³/mol. The van der Waals surface area contributed by atoms with Crippen molar-refractivity contribution in [1.29, 1.82) is 0 Å². The number of piperazine rings is 1. The maximum atomic E-state index is 12.6. The third kappa shape index (κ3) is 5.01. The summed E-state index contributed by atoms with van der Waals surface area (Å²) in [5.41, 5.74) is 3.47. The second-order valence-electron chi connectivity index (χ2n) is 7.01. The molecule has 3 rings (SSSR count). The van der Waals surface area contributed by atoms with E-state index in [0.29, 0.717) is 6.42 Å². The minimum absolute atomic E-state index is 0.214. The molecule has 0 atom stereocenters. The third-order valence-corrected chi connectivity index (χ3v) is 5.02. The van der Waals surface area contributed by atoms with Crippen molar-refractivity contribution in [3.63, 3.8) is 0 Å². The van der Waals surface area contributed by atoms with Crippen molar-refractivity contribution in [2.24, 2.45) is 0 Å². The van der Waals surface area contributed by atoms with E-state index in [1.54, 1.807) is 14.2 Å². The van der Waals surface area contributed by atoms with Gasteiger partial charge in [0.05, 0.1) is 20.6 Å². The Morgan fingerprint density at radius 3 is 2.33 bits per heavy atom. The number of amides is 1. The van der Waals surface area contributed by atoms with Crippen LogP contribution in [-0.2, 0) is 17.8 Å². The summed E-state index contributed by atoms with van der Waals surface area (Å²) in [7, 11) is 3.30. The van der Waals surface area contributed by atoms with Crippen LogP contribution in [0.5, 0.6) is 11.5 Å². The molecule has 0 saturated carbocycles. The van der Waals surface area contributed by atoms with E-state index in [4.69, 9.17) is 9.47 Å². The highest BCUT2D eigenvalue weighted by Gasteiger charge is 2.21. The molecule has 27 heavy (non-hydrogen) atoms. The molecule has 1 amide bonds. The van der Waals surface area contributed by atoms with Gasteiger partial charge >= 0.3 is 0 Å². The first-order valence-corrected chi connectivity index (χ1v) is 9.35. The van der Waals surface area contributed by atoms with Gasteiger partial charge < -0.3 is 14.4 Å². The Bertz CT molecular complexity index is 783. The summed E-state index contributed by atoms with van der Waals surface area (Å²) in [6.45, 7) is 6.22. The zero-order chi connectivity index (χ0) is 19.2. The molecule has 0 aromatic heterocycles. The van der Waals surface area contributed by atoms with Crippen LogP contribution in [0.15, 0.2) is 42.5 Å². The Balaban J connectivity index is 1.52. The molecule has 0 unspecified atom stereocenters. The lowest BCUT2D eigenvalue weighted by Gasteiger charge is -2.35. The fourth-order valence-electron chi connectivity index (χ4n) is 3.50. The largest absolute Gasteiger partial charge is 0.493 e. The third-order valence-electron chi connectivity index (χ3n) is 5.02. The van der Waals surface area contributed by atoms with Crippen molar-refractivity contribution in [3.05, 3.63) is 59.2 Å². The predicted octanol–water partition coefficient (Wildman–Crippen LogP) is 2.90. The molecule has 5 heteroatoms. The van der Waals surface area contributed by atoms with Crippen molar-refractivity contribution < 1.29 is 14.3 Å². The lowest BCUT2D eigenvalue weighted by molar-refractivity contribution is -0.132. The van der Waals surface area contributed by atoms with Crippen LogP contribution in [0.3, 0.4) is 0 Å². The molecule has 1 aliphatic heterocycles. The summed E-state index contributed by atoms with van der Waals surface area (Å²) in [4.78, 5) is 16.9. The second kappa shape index (κ2) is 8.91. The molecule has 0 bridgehead atoms. The van der Waals surface area contributed by atoms with E-state index in [2.05, 4.69) is 30.0 Å². The number of carbonyl (C=O) groups is 1. The SMILES string of the molecule is COc1ccc(CN2CCN(C(=O)Cc3cccc(C)c3)CC2)cc1OC. The van der Waals surface area contributed by atoms with Crippen molar-refractivity contribution in [2.45, 2.75) is 19.9 Å². The van der Waals surface area contributed by atoms with Gasteiger partial charge in [0, 0.05) is 32.7 Å². The van der Waals surface area contributed by atoms with Crippen LogP contribution in [0, 0.1) is 6.92 Å². The van der Waals surface area contributed by atoms with Gasteiger partial charge in [-0.3, -0.25) is 9.69 Å². The standard InChI is InChI=1S/C22H28N2O3/c1-17-5-4-6-18(13-17)15-22(25)24-11-9-23(10-12-24)16-19-7-8-20(26-2)21(14-19)27-3/h4-8,13-14H,9-12,15-16H2,1-3H3. The van der Waals surface area contributed by atoms with Crippen LogP contribution in [0.2, 0.25) is 0 Å². The Labute approximate surface area is 161 Å². The first kappa shape index (κ1) is 19.2. The molecule has 2 aromatic carbocycles. The molecule has 1 fully saturated rings. The summed E-state index contributed by atoms with van der Waals surface area (Å²) >= 11 is 0. The minimum Gasteiger partial charge on any atom is -0.493 e. The van der Waals surface area contributed by atoms with Crippen LogP contribution in [0.4, 0.5) is 0 Å². The van der Waals surface area contributed by atoms with Crippen LogP contribution in [-0.4, -0.2) is 56.1 Å². The summed E-state index contributed by atoms with van der Waals surface area (Å²) in [5.74, 6) is 1.71. The van der Waals surface area contributed by atoms with Crippen molar-refractivity contribution in [3.8, 4) is 11.5 Å². The van der Waals surface area contributed by atoms with E-state index in [1.165, 1.54) is 11.1 Å². The number of hydrogen-bond acceptors (Lipinski definition) is 4. The topological polar surface area (TPSA) is 42.0 Å². The molecule has 2 aromatic rings. The van der Waals surface area contributed by atoms with Crippen LogP contribution in [0.25, 0.3) is 0 Å². The van der Waals surface area contributed by atoms with E-state index < -0.39 is 0 Å². The highest BCUT2D eigenvalue weighted by atomic mass is 16.5. The normalized spacial score (nSPS) is 14.9. The van der Waals surface area contributed by atoms with Crippen molar-refractivity contribution >= 4 is 5.91 Å². The van der Waals surface area contributed by atoms with E-state index in [0.717, 1.165) is 49.8 Å². The second-order valence-corrected chi connectivity index (χ2v) is 7.01. The van der Waals surface area contributed by atoms with E-state index in [-0.39, 0.29) is 5.91 Å². The van der Waals surface area contributed by atoms with Crippen molar-refractivity contribution in [2.75, 3.05) is 40.4 Å². The average Bonchev–Trinajstić information content (AvgIpc) is 2.68. The summed E-state index contributed by atoms with van der Waals surface area (Å²) in [6, 6.07) is 14.2. The number of ether oxygens (including phenoxy) is 2. The quantitative estimate of drug-likeness (QED) is 0.786. The zero-order valence-electron chi connectivity index (χ0n) is 16.4. The minimum atomic E-state index is 0.214. The lowest BCUT2D eigenvalue weighted by Crippen LogP contribution is -2.48. The van der Waals surface area contributed by atoms with Gasteiger partial charge in [-0.15, -0.1) is 0 Å². The van der Waals surface area contributed by atoms with Gasteiger partial charge in [0.15, 0.2) is 11.5 Å². The van der Waals surface area contributed by atoms with Gasteiger partial charge in [-0.05, 0) is 30.2 Å². The Hall–Kier alpha value is -2.53. The molecule has 0 N–H and O–H groups in total. The number of carbonyl (C=O) groups excluding carboxylic acids is 1. The summed E-state index contributed by atoms with van der Waals surface area (Å²) < 4.78 is 10.7. The molecule has 0 radical (unpaired) electrons. The Morgan fingerprint density at radius 1 is 0.926 bits per heavy atom. The fraction of sp³-hybridized carbons (Fsp3) is 0.409. The van der Waals surface area contributed by atoms with Crippen LogP contribution >= 0.6 is 0 Å². The first-order chi connectivity index (χ1) is 13.1. The Kier molecular flexibility index (Phi) is 6.35. The van der Waals surface area contributed by atoms with Gasteiger partial charge in [0.1, 0.15) is 0 Å². The molecule has 1 saturated heterocycles. The number of aryl methyl sites for hydroxylation is 1.